The number of nitrogens with zero attached hydrogens (tertiary/aromatic N) is 4. The van der Waals surface area contributed by atoms with E-state index in [1.165, 1.54) is 11.5 Å². The van der Waals surface area contributed by atoms with Crippen LogP contribution in [0.25, 0.3) is 0 Å². The zero-order chi connectivity index (χ0) is 9.10. The minimum atomic E-state index is 0.702. The lowest BCUT2D eigenvalue weighted by Gasteiger charge is -2.01. The van der Waals surface area contributed by atoms with Crippen molar-refractivity contribution in [2.24, 2.45) is 7.05 Å². The summed E-state index contributed by atoms with van der Waals surface area (Å²) < 4.78 is 5.72. The highest BCUT2D eigenvalue weighted by Crippen LogP contribution is 2.10. The minimum Gasteiger partial charge on any atom is -0.367 e. The number of hydrogen-bond donors (Lipinski definition) is 1. The first kappa shape index (κ1) is 8.18. The molecule has 2 aromatic heterocycles. The summed E-state index contributed by atoms with van der Waals surface area (Å²) in [5.41, 5.74) is 0. The molecule has 6 heteroatoms. The van der Waals surface area contributed by atoms with Crippen LogP contribution in [-0.4, -0.2) is 19.1 Å². The molecule has 1 N–H and O–H groups in total. The van der Waals surface area contributed by atoms with E-state index in [0.29, 0.717) is 6.54 Å². The van der Waals surface area contributed by atoms with Crippen LogP contribution in [0.15, 0.2) is 18.6 Å². The predicted octanol–water partition coefficient (Wildman–Crippen LogP) is 0.884. The topological polar surface area (TPSA) is 55.6 Å². The van der Waals surface area contributed by atoms with Gasteiger partial charge < -0.3 is 9.88 Å². The molecule has 0 saturated heterocycles. The molecule has 0 spiro atoms. The van der Waals surface area contributed by atoms with Gasteiger partial charge in [0.05, 0.1) is 12.7 Å². The Morgan fingerprint density at radius 2 is 2.54 bits per heavy atom. The summed E-state index contributed by atoms with van der Waals surface area (Å²) in [6, 6.07) is 0. The molecule has 13 heavy (non-hydrogen) atoms. The molecule has 0 aliphatic rings. The highest BCUT2D eigenvalue weighted by molar-refractivity contribution is 7.09. The number of rotatable bonds is 3. The Bertz CT molecular complexity index is 366. The minimum absolute atomic E-state index is 0.702. The summed E-state index contributed by atoms with van der Waals surface area (Å²) in [6.45, 7) is 0.702. The second-order valence-corrected chi connectivity index (χ2v) is 3.38. The Kier molecular flexibility index (Phi) is 2.22. The van der Waals surface area contributed by atoms with Crippen molar-refractivity contribution in [1.29, 1.82) is 0 Å². The van der Waals surface area contributed by atoms with Gasteiger partial charge in [0.25, 0.3) is 0 Å². The van der Waals surface area contributed by atoms with E-state index in [4.69, 9.17) is 0 Å². The standard InChI is InChI=1S/C7H9N5S/c1-12-3-2-8-6(12)4-9-7-5-10-11-13-7/h2-3,5,9H,4H2,1H3. The van der Waals surface area contributed by atoms with E-state index in [1.54, 1.807) is 12.4 Å². The van der Waals surface area contributed by atoms with Crippen molar-refractivity contribution in [3.63, 3.8) is 0 Å². The van der Waals surface area contributed by atoms with Gasteiger partial charge in [-0.15, -0.1) is 5.10 Å². The normalized spacial score (nSPS) is 10.2. The van der Waals surface area contributed by atoms with Crippen molar-refractivity contribution < 1.29 is 0 Å². The van der Waals surface area contributed by atoms with E-state index >= 15 is 0 Å². The van der Waals surface area contributed by atoms with Gasteiger partial charge in [-0.1, -0.05) is 4.49 Å². The van der Waals surface area contributed by atoms with Crippen molar-refractivity contribution >= 4 is 16.5 Å². The summed E-state index contributed by atoms with van der Waals surface area (Å²) >= 11 is 1.34. The van der Waals surface area contributed by atoms with Crippen LogP contribution in [-0.2, 0) is 13.6 Å². The smallest absolute Gasteiger partial charge is 0.130 e. The Labute approximate surface area is 79.6 Å². The van der Waals surface area contributed by atoms with Crippen molar-refractivity contribution in [2.45, 2.75) is 6.54 Å². The van der Waals surface area contributed by atoms with E-state index in [1.807, 2.05) is 17.8 Å². The third-order valence-corrected chi connectivity index (χ3v) is 2.33. The fourth-order valence-electron chi connectivity index (χ4n) is 0.978. The van der Waals surface area contributed by atoms with Crippen molar-refractivity contribution in [1.82, 2.24) is 19.1 Å². The lowest BCUT2D eigenvalue weighted by Crippen LogP contribution is -2.04. The Morgan fingerprint density at radius 3 is 3.15 bits per heavy atom. The fraction of sp³-hybridized carbons (Fsp3) is 0.286. The first-order valence-electron chi connectivity index (χ1n) is 3.83. The molecule has 0 aliphatic carbocycles. The maximum absolute atomic E-state index is 4.18. The number of aromatic nitrogens is 4. The van der Waals surface area contributed by atoms with Gasteiger partial charge in [0, 0.05) is 31.0 Å². The van der Waals surface area contributed by atoms with Gasteiger partial charge in [0.1, 0.15) is 10.8 Å². The molecule has 2 rings (SSSR count). The predicted molar refractivity (Wildman–Crippen MR) is 50.4 cm³/mol. The lowest BCUT2D eigenvalue weighted by atomic mass is 10.6. The van der Waals surface area contributed by atoms with Crippen LogP contribution >= 0.6 is 11.5 Å². The zero-order valence-electron chi connectivity index (χ0n) is 7.14. The van der Waals surface area contributed by atoms with Crippen LogP contribution in [0.3, 0.4) is 0 Å². The van der Waals surface area contributed by atoms with Crippen LogP contribution < -0.4 is 5.32 Å². The summed E-state index contributed by atoms with van der Waals surface area (Å²) in [5.74, 6) is 0.994. The van der Waals surface area contributed by atoms with Gasteiger partial charge in [-0.25, -0.2) is 4.98 Å². The van der Waals surface area contributed by atoms with E-state index in [9.17, 15) is 0 Å². The Morgan fingerprint density at radius 1 is 1.62 bits per heavy atom. The van der Waals surface area contributed by atoms with E-state index < -0.39 is 0 Å². The molecule has 2 heterocycles. The number of aryl methyl sites for hydroxylation is 1. The average Bonchev–Trinajstić information content (AvgIpc) is 2.72. The highest BCUT2D eigenvalue weighted by Gasteiger charge is 1.99. The monoisotopic (exact) mass is 195 g/mol. The van der Waals surface area contributed by atoms with Crippen LogP contribution in [0.5, 0.6) is 0 Å². The molecule has 5 nitrogen and oxygen atoms in total. The second kappa shape index (κ2) is 3.53. The molecular formula is C7H9N5S. The maximum Gasteiger partial charge on any atom is 0.130 e. The third kappa shape index (κ3) is 1.83. The van der Waals surface area contributed by atoms with E-state index in [2.05, 4.69) is 19.9 Å². The Balaban J connectivity index is 1.97. The van der Waals surface area contributed by atoms with Gasteiger partial charge in [0.2, 0.25) is 0 Å². The molecular weight excluding hydrogens is 186 g/mol. The van der Waals surface area contributed by atoms with Gasteiger partial charge in [-0.3, -0.25) is 0 Å². The number of anilines is 1. The summed E-state index contributed by atoms with van der Waals surface area (Å²) in [4.78, 5) is 4.18. The molecule has 2 aromatic rings. The lowest BCUT2D eigenvalue weighted by molar-refractivity contribution is 0.814. The van der Waals surface area contributed by atoms with Crippen molar-refractivity contribution in [2.75, 3.05) is 5.32 Å². The summed E-state index contributed by atoms with van der Waals surface area (Å²) in [6.07, 6.45) is 5.40. The van der Waals surface area contributed by atoms with E-state index in [0.717, 1.165) is 10.8 Å². The van der Waals surface area contributed by atoms with Crippen molar-refractivity contribution in [3.05, 3.63) is 24.4 Å². The van der Waals surface area contributed by atoms with Crippen LogP contribution in [0, 0.1) is 0 Å². The molecule has 0 aromatic carbocycles. The average molecular weight is 195 g/mol. The van der Waals surface area contributed by atoms with E-state index in [-0.39, 0.29) is 0 Å². The molecule has 0 unspecified atom stereocenters. The molecule has 68 valence electrons. The summed E-state index contributed by atoms with van der Waals surface area (Å²) in [5, 5.41) is 7.86. The van der Waals surface area contributed by atoms with Crippen LogP contribution in [0.4, 0.5) is 5.00 Å². The Hall–Kier alpha value is -1.43. The van der Waals surface area contributed by atoms with Crippen LogP contribution in [0.2, 0.25) is 0 Å². The van der Waals surface area contributed by atoms with Gasteiger partial charge in [0.15, 0.2) is 0 Å². The molecule has 0 aliphatic heterocycles. The second-order valence-electron chi connectivity index (χ2n) is 2.59. The largest absolute Gasteiger partial charge is 0.367 e. The highest BCUT2D eigenvalue weighted by atomic mass is 32.1. The molecule has 0 bridgehead atoms. The summed E-state index contributed by atoms with van der Waals surface area (Å²) in [7, 11) is 1.97. The first-order valence-corrected chi connectivity index (χ1v) is 4.61. The number of imidazole rings is 1. The van der Waals surface area contributed by atoms with Gasteiger partial charge in [-0.2, -0.15) is 0 Å². The first-order chi connectivity index (χ1) is 6.36. The molecule has 0 amide bonds. The van der Waals surface area contributed by atoms with Crippen LogP contribution in [0.1, 0.15) is 5.82 Å². The molecule has 0 atom stereocenters. The fourth-order valence-corrected chi connectivity index (χ4v) is 1.39. The zero-order valence-corrected chi connectivity index (χ0v) is 7.95. The third-order valence-electron chi connectivity index (χ3n) is 1.70. The molecule has 0 fully saturated rings. The molecule has 0 saturated carbocycles. The van der Waals surface area contributed by atoms with Crippen molar-refractivity contribution in [3.8, 4) is 0 Å². The number of nitrogens with one attached hydrogen (secondary N) is 1. The quantitative estimate of drug-likeness (QED) is 0.790. The van der Waals surface area contributed by atoms with Gasteiger partial charge >= 0.3 is 0 Å². The SMILES string of the molecule is Cn1ccnc1CNc1cnns1. The number of hydrogen-bond acceptors (Lipinski definition) is 5. The maximum atomic E-state index is 4.18. The van der Waals surface area contributed by atoms with Gasteiger partial charge in [-0.05, 0) is 0 Å². The molecule has 0 radical (unpaired) electrons.